The molecule has 0 spiro atoms. The Kier molecular flexibility index (Phi) is 5.71. The number of rotatable bonds is 5. The Labute approximate surface area is 147 Å². The van der Waals surface area contributed by atoms with Crippen LogP contribution in [0.3, 0.4) is 0 Å². The van der Waals surface area contributed by atoms with E-state index in [1.165, 1.54) is 36.5 Å². The molecule has 0 saturated heterocycles. The fourth-order valence-corrected chi connectivity index (χ4v) is 2.60. The van der Waals surface area contributed by atoms with E-state index in [0.29, 0.717) is 16.3 Å². The van der Waals surface area contributed by atoms with Crippen molar-refractivity contribution >= 4 is 39.9 Å². The molecule has 4 N–H and O–H groups in total. The van der Waals surface area contributed by atoms with Crippen LogP contribution in [0, 0.1) is 11.3 Å². The number of hydrogen-bond acceptors (Lipinski definition) is 6. The first kappa shape index (κ1) is 18.0. The summed E-state index contributed by atoms with van der Waals surface area (Å²) in [6.45, 7) is 1.42. The highest BCUT2D eigenvalue weighted by molar-refractivity contribution is 7.14. The summed E-state index contributed by atoms with van der Waals surface area (Å²) in [4.78, 5) is 35.1. The number of primary amides is 1. The highest BCUT2D eigenvalue weighted by Crippen LogP contribution is 2.22. The average Bonchev–Trinajstić information content (AvgIpc) is 3.01. The summed E-state index contributed by atoms with van der Waals surface area (Å²) in [5, 5.41) is 15.9. The van der Waals surface area contributed by atoms with Gasteiger partial charge in [-0.05, 0) is 36.6 Å². The van der Waals surface area contributed by atoms with Gasteiger partial charge in [-0.2, -0.15) is 5.26 Å². The number of benzene rings is 1. The van der Waals surface area contributed by atoms with Gasteiger partial charge >= 0.3 is 12.0 Å². The number of esters is 1. The minimum absolute atomic E-state index is 0.153. The number of nitriles is 1. The molecule has 3 amide bonds. The van der Waals surface area contributed by atoms with Crippen LogP contribution in [0.1, 0.15) is 22.8 Å². The molecule has 0 fully saturated rings. The third kappa shape index (κ3) is 4.79. The molecule has 0 unspecified atom stereocenters. The Hall–Kier alpha value is -3.38. The van der Waals surface area contributed by atoms with Crippen molar-refractivity contribution in [3.05, 3.63) is 46.8 Å². The van der Waals surface area contributed by atoms with E-state index in [1.54, 1.807) is 17.5 Å². The van der Waals surface area contributed by atoms with Crippen molar-refractivity contribution in [1.82, 2.24) is 0 Å². The fraction of sp³-hybridized carbons (Fsp3) is 0.125. The zero-order chi connectivity index (χ0) is 18.4. The number of nitrogens with two attached hydrogens (primary N) is 1. The van der Waals surface area contributed by atoms with Crippen LogP contribution in [0.25, 0.3) is 0 Å². The van der Waals surface area contributed by atoms with Crippen molar-refractivity contribution in [3.8, 4) is 6.07 Å². The van der Waals surface area contributed by atoms with Crippen molar-refractivity contribution in [2.45, 2.75) is 13.0 Å². The molecule has 1 heterocycles. The lowest BCUT2D eigenvalue weighted by Crippen LogP contribution is -2.30. The maximum atomic E-state index is 12.1. The van der Waals surface area contributed by atoms with E-state index in [1.807, 2.05) is 6.07 Å². The second-order valence-corrected chi connectivity index (χ2v) is 5.80. The minimum Gasteiger partial charge on any atom is -0.449 e. The largest absolute Gasteiger partial charge is 0.449 e. The molecule has 1 atom stereocenters. The van der Waals surface area contributed by atoms with Gasteiger partial charge in [-0.1, -0.05) is 6.07 Å². The second kappa shape index (κ2) is 7.94. The standard InChI is InChI=1S/C16H14N4O4S/c1-9(13(21)20-14-11(8-17)5-6-25-14)24-15(22)10-3-2-4-12(7-10)19-16(18)23/h2-7,9H,1H3,(H,20,21)(H3,18,19,23)/t9-/m1/s1. The van der Waals surface area contributed by atoms with Gasteiger partial charge < -0.3 is 21.1 Å². The van der Waals surface area contributed by atoms with Crippen LogP contribution < -0.4 is 16.4 Å². The Morgan fingerprint density at radius 2 is 2.04 bits per heavy atom. The zero-order valence-corrected chi connectivity index (χ0v) is 13.9. The van der Waals surface area contributed by atoms with E-state index in [-0.39, 0.29) is 5.56 Å². The van der Waals surface area contributed by atoms with Gasteiger partial charge in [0.15, 0.2) is 6.10 Å². The molecule has 0 bridgehead atoms. The quantitative estimate of drug-likeness (QED) is 0.705. The van der Waals surface area contributed by atoms with Gasteiger partial charge in [0.1, 0.15) is 11.1 Å². The molecule has 0 aliphatic carbocycles. The first-order valence-corrected chi connectivity index (χ1v) is 7.94. The van der Waals surface area contributed by atoms with Gasteiger partial charge in [0.25, 0.3) is 5.91 Å². The average molecular weight is 358 g/mol. The SMILES string of the molecule is C[C@@H](OC(=O)c1cccc(NC(N)=O)c1)C(=O)Nc1sccc1C#N. The van der Waals surface area contributed by atoms with Gasteiger partial charge in [-0.25, -0.2) is 9.59 Å². The molecule has 0 radical (unpaired) electrons. The van der Waals surface area contributed by atoms with Crippen LogP contribution in [0.5, 0.6) is 0 Å². The van der Waals surface area contributed by atoms with E-state index in [2.05, 4.69) is 10.6 Å². The summed E-state index contributed by atoms with van der Waals surface area (Å²) in [6.07, 6.45) is -1.08. The lowest BCUT2D eigenvalue weighted by Gasteiger charge is -2.13. The van der Waals surface area contributed by atoms with E-state index >= 15 is 0 Å². The first-order valence-electron chi connectivity index (χ1n) is 7.06. The van der Waals surface area contributed by atoms with E-state index in [0.717, 1.165) is 0 Å². The summed E-state index contributed by atoms with van der Waals surface area (Å²) in [5.74, 6) is -1.29. The summed E-state index contributed by atoms with van der Waals surface area (Å²) >= 11 is 1.20. The van der Waals surface area contributed by atoms with Crippen molar-refractivity contribution < 1.29 is 19.1 Å². The third-order valence-electron chi connectivity index (χ3n) is 3.04. The molecule has 8 nitrogen and oxygen atoms in total. The number of thiophene rings is 1. The lowest BCUT2D eigenvalue weighted by atomic mass is 10.2. The number of urea groups is 1. The summed E-state index contributed by atoms with van der Waals surface area (Å²) in [7, 11) is 0. The van der Waals surface area contributed by atoms with Gasteiger partial charge in [-0.15, -0.1) is 11.3 Å². The van der Waals surface area contributed by atoms with E-state index in [4.69, 9.17) is 15.7 Å². The van der Waals surface area contributed by atoms with Crippen molar-refractivity contribution in [3.63, 3.8) is 0 Å². The van der Waals surface area contributed by atoms with Gasteiger partial charge in [0.2, 0.25) is 0 Å². The highest BCUT2D eigenvalue weighted by Gasteiger charge is 2.20. The molecule has 0 aliphatic heterocycles. The molecule has 9 heteroatoms. The van der Waals surface area contributed by atoms with Crippen molar-refractivity contribution in [1.29, 1.82) is 5.26 Å². The number of ether oxygens (including phenoxy) is 1. The third-order valence-corrected chi connectivity index (χ3v) is 3.87. The first-order chi connectivity index (χ1) is 11.9. The molecule has 0 aliphatic rings. The molecule has 2 aromatic rings. The Morgan fingerprint density at radius 3 is 2.72 bits per heavy atom. The topological polar surface area (TPSA) is 134 Å². The predicted octanol–water partition coefficient (Wildman–Crippen LogP) is 2.29. The zero-order valence-electron chi connectivity index (χ0n) is 13.1. The number of anilines is 2. The summed E-state index contributed by atoms with van der Waals surface area (Å²) in [5.41, 5.74) is 5.84. The maximum Gasteiger partial charge on any atom is 0.338 e. The summed E-state index contributed by atoms with van der Waals surface area (Å²) < 4.78 is 5.11. The number of carbonyl (C=O) groups excluding carboxylic acids is 3. The van der Waals surface area contributed by atoms with Gasteiger partial charge in [0, 0.05) is 5.69 Å². The monoisotopic (exact) mass is 358 g/mol. The van der Waals surface area contributed by atoms with Gasteiger partial charge in [0.05, 0.1) is 11.1 Å². The highest BCUT2D eigenvalue weighted by atomic mass is 32.1. The van der Waals surface area contributed by atoms with Crippen molar-refractivity contribution in [2.75, 3.05) is 10.6 Å². The number of amides is 3. The molecule has 1 aromatic heterocycles. The number of carbonyl (C=O) groups is 3. The predicted molar refractivity (Wildman–Crippen MR) is 92.2 cm³/mol. The molecular formula is C16H14N4O4S. The molecule has 2 rings (SSSR count). The van der Waals surface area contributed by atoms with Crippen LogP contribution in [0.4, 0.5) is 15.5 Å². The molecule has 25 heavy (non-hydrogen) atoms. The summed E-state index contributed by atoms with van der Waals surface area (Å²) in [6, 6.07) is 8.72. The van der Waals surface area contributed by atoms with Gasteiger partial charge in [-0.3, -0.25) is 4.79 Å². The van der Waals surface area contributed by atoms with Crippen LogP contribution >= 0.6 is 11.3 Å². The van der Waals surface area contributed by atoms with Crippen LogP contribution in [-0.4, -0.2) is 24.0 Å². The van der Waals surface area contributed by atoms with Crippen LogP contribution in [0.15, 0.2) is 35.7 Å². The molecule has 0 saturated carbocycles. The number of hydrogen-bond donors (Lipinski definition) is 3. The van der Waals surface area contributed by atoms with Crippen molar-refractivity contribution in [2.24, 2.45) is 5.73 Å². The number of nitrogens with one attached hydrogen (secondary N) is 2. The maximum absolute atomic E-state index is 12.1. The fourth-order valence-electron chi connectivity index (χ4n) is 1.86. The molecular weight excluding hydrogens is 344 g/mol. The number of nitrogens with zero attached hydrogens (tertiary/aromatic N) is 1. The van der Waals surface area contributed by atoms with Crippen LogP contribution in [0.2, 0.25) is 0 Å². The molecule has 1 aromatic carbocycles. The van der Waals surface area contributed by atoms with Crippen LogP contribution in [-0.2, 0) is 9.53 Å². The smallest absolute Gasteiger partial charge is 0.338 e. The molecule has 128 valence electrons. The Bertz CT molecular complexity index is 856. The lowest BCUT2D eigenvalue weighted by molar-refractivity contribution is -0.123. The Morgan fingerprint density at radius 1 is 1.28 bits per heavy atom. The van der Waals surface area contributed by atoms with E-state index in [9.17, 15) is 14.4 Å². The second-order valence-electron chi connectivity index (χ2n) is 4.88. The Balaban J connectivity index is 2.01. The van der Waals surface area contributed by atoms with E-state index < -0.39 is 24.0 Å². The minimum atomic E-state index is -1.08. The normalized spacial score (nSPS) is 11.0.